The molecule has 3 aliphatic carbocycles. The number of carbonyl (C=O) groups excluding carboxylic acids is 1. The molecular formula is C40H54N2O2. The molecular weight excluding hydrogens is 540 g/mol. The van der Waals surface area contributed by atoms with Crippen molar-refractivity contribution in [1.82, 2.24) is 9.80 Å². The lowest BCUT2D eigenvalue weighted by Gasteiger charge is -2.41. The van der Waals surface area contributed by atoms with Crippen LogP contribution in [-0.4, -0.2) is 59.1 Å². The first-order valence-electron chi connectivity index (χ1n) is 17.3. The number of nitrogens with zero attached hydrogens (tertiary/aromatic N) is 2. The van der Waals surface area contributed by atoms with E-state index in [1.165, 1.54) is 36.8 Å². The Hall–Kier alpha value is -2.87. The van der Waals surface area contributed by atoms with Gasteiger partial charge in [0.25, 0.3) is 0 Å². The Bertz CT molecular complexity index is 1320. The van der Waals surface area contributed by atoms with Gasteiger partial charge in [0, 0.05) is 31.2 Å². The summed E-state index contributed by atoms with van der Waals surface area (Å²) in [5.41, 5.74) is 10.3. The van der Waals surface area contributed by atoms with E-state index in [-0.39, 0.29) is 11.9 Å². The van der Waals surface area contributed by atoms with Crippen molar-refractivity contribution in [3.05, 3.63) is 94.5 Å². The fraction of sp³-hybridized carbons (Fsp3) is 0.575. The summed E-state index contributed by atoms with van der Waals surface area (Å²) in [4.78, 5) is 18.3. The zero-order valence-electron chi connectivity index (χ0n) is 27.4. The Morgan fingerprint density at radius 1 is 1.11 bits per heavy atom. The van der Waals surface area contributed by atoms with Crippen LogP contribution in [0.15, 0.2) is 88.9 Å². The van der Waals surface area contributed by atoms with Gasteiger partial charge < -0.3 is 14.9 Å². The minimum absolute atomic E-state index is 0.185. The van der Waals surface area contributed by atoms with Crippen molar-refractivity contribution in [2.45, 2.75) is 103 Å². The molecule has 2 saturated carbocycles. The summed E-state index contributed by atoms with van der Waals surface area (Å²) in [5.74, 6) is 1.75. The van der Waals surface area contributed by atoms with Crippen molar-refractivity contribution >= 4 is 5.91 Å². The van der Waals surface area contributed by atoms with Gasteiger partial charge in [-0.15, -0.1) is 0 Å². The average molecular weight is 595 g/mol. The highest BCUT2D eigenvalue weighted by atomic mass is 16.3. The van der Waals surface area contributed by atoms with E-state index in [0.717, 1.165) is 88.1 Å². The van der Waals surface area contributed by atoms with Crippen LogP contribution in [0.4, 0.5) is 0 Å². The number of likely N-dealkylation sites (N-methyl/N-ethyl adjacent to an activating group) is 1. The molecule has 0 radical (unpaired) electrons. The second-order valence-corrected chi connectivity index (χ2v) is 14.2. The Morgan fingerprint density at radius 3 is 2.68 bits per heavy atom. The Kier molecular flexibility index (Phi) is 11.4. The molecule has 1 aromatic rings. The minimum Gasteiger partial charge on any atom is -0.390 e. The monoisotopic (exact) mass is 594 g/mol. The molecule has 236 valence electrons. The molecule has 44 heavy (non-hydrogen) atoms. The predicted octanol–water partition coefficient (Wildman–Crippen LogP) is 7.97. The molecule has 4 aliphatic rings. The van der Waals surface area contributed by atoms with Gasteiger partial charge in [0.05, 0.1) is 5.60 Å². The molecule has 0 bridgehead atoms. The van der Waals surface area contributed by atoms with Gasteiger partial charge >= 0.3 is 0 Å². The molecule has 1 unspecified atom stereocenters. The van der Waals surface area contributed by atoms with Crippen molar-refractivity contribution in [1.29, 1.82) is 0 Å². The SMILES string of the molecule is CC(C/C=C/C(CC[C@H]1CCCC[C@]1(O)CC1CC1)CC1=CC=C=C=C1)=C(C)C(=O)N1CCN(C)C[C@H]1Cc1ccccc1. The Balaban J connectivity index is 1.23. The van der Waals surface area contributed by atoms with Gasteiger partial charge in [-0.05, 0) is 119 Å². The summed E-state index contributed by atoms with van der Waals surface area (Å²) in [6.45, 7) is 6.73. The van der Waals surface area contributed by atoms with E-state index >= 15 is 0 Å². The van der Waals surface area contributed by atoms with Crippen LogP contribution < -0.4 is 0 Å². The summed E-state index contributed by atoms with van der Waals surface area (Å²) < 4.78 is 0. The van der Waals surface area contributed by atoms with E-state index < -0.39 is 5.60 Å². The number of hydrogen-bond donors (Lipinski definition) is 1. The van der Waals surface area contributed by atoms with Gasteiger partial charge in [-0.2, -0.15) is 0 Å². The van der Waals surface area contributed by atoms with Crippen LogP contribution >= 0.6 is 0 Å². The van der Waals surface area contributed by atoms with Crippen molar-refractivity contribution in [3.8, 4) is 0 Å². The number of benzene rings is 1. The first kappa shape index (κ1) is 32.5. The van der Waals surface area contributed by atoms with Crippen molar-refractivity contribution < 1.29 is 9.90 Å². The van der Waals surface area contributed by atoms with E-state index in [9.17, 15) is 9.90 Å². The number of carbonyl (C=O) groups is 1. The molecule has 0 aromatic heterocycles. The second-order valence-electron chi connectivity index (χ2n) is 14.2. The van der Waals surface area contributed by atoms with Crippen molar-refractivity contribution in [2.24, 2.45) is 17.8 Å². The molecule has 1 aromatic carbocycles. The lowest BCUT2D eigenvalue weighted by atomic mass is 9.70. The molecule has 5 rings (SSSR count). The zero-order chi connectivity index (χ0) is 30.9. The number of hydrogen-bond acceptors (Lipinski definition) is 3. The van der Waals surface area contributed by atoms with Gasteiger partial charge in [0.1, 0.15) is 0 Å². The fourth-order valence-corrected chi connectivity index (χ4v) is 7.62. The summed E-state index contributed by atoms with van der Waals surface area (Å²) in [5, 5.41) is 11.7. The third-order valence-electron chi connectivity index (χ3n) is 10.7. The predicted molar refractivity (Wildman–Crippen MR) is 181 cm³/mol. The lowest BCUT2D eigenvalue weighted by molar-refractivity contribution is -0.131. The topological polar surface area (TPSA) is 43.8 Å². The first-order valence-corrected chi connectivity index (χ1v) is 17.3. The van der Waals surface area contributed by atoms with Crippen LogP contribution in [0, 0.1) is 17.8 Å². The number of aliphatic hydroxyl groups is 1. The highest BCUT2D eigenvalue weighted by Crippen LogP contribution is 2.46. The molecule has 4 atom stereocenters. The average Bonchev–Trinajstić information content (AvgIpc) is 3.84. The van der Waals surface area contributed by atoms with E-state index in [1.807, 2.05) is 13.0 Å². The Labute approximate surface area is 266 Å². The van der Waals surface area contributed by atoms with Crippen molar-refractivity contribution in [3.63, 3.8) is 0 Å². The van der Waals surface area contributed by atoms with Crippen LogP contribution in [0.1, 0.15) is 90.0 Å². The second kappa shape index (κ2) is 15.4. The molecule has 1 aliphatic heterocycles. The molecule has 1 N–H and O–H groups in total. The van der Waals surface area contributed by atoms with Gasteiger partial charge in [-0.1, -0.05) is 85.2 Å². The summed E-state index contributed by atoms with van der Waals surface area (Å²) in [6, 6.07) is 10.7. The molecule has 3 fully saturated rings. The van der Waals surface area contributed by atoms with Gasteiger partial charge in [0.2, 0.25) is 5.91 Å². The van der Waals surface area contributed by atoms with Crippen LogP contribution in [0.25, 0.3) is 0 Å². The molecule has 4 nitrogen and oxygen atoms in total. The van der Waals surface area contributed by atoms with E-state index in [2.05, 4.69) is 89.9 Å². The maximum absolute atomic E-state index is 13.8. The van der Waals surface area contributed by atoms with Gasteiger partial charge in [-0.25, -0.2) is 0 Å². The summed E-state index contributed by atoms with van der Waals surface area (Å²) >= 11 is 0. The molecule has 1 heterocycles. The van der Waals surface area contributed by atoms with Crippen LogP contribution in [0.2, 0.25) is 0 Å². The van der Waals surface area contributed by atoms with E-state index in [4.69, 9.17) is 0 Å². The highest BCUT2D eigenvalue weighted by molar-refractivity contribution is 5.94. The van der Waals surface area contributed by atoms with Crippen LogP contribution in [0.3, 0.4) is 0 Å². The maximum Gasteiger partial charge on any atom is 0.249 e. The normalized spacial score (nSPS) is 27.0. The third kappa shape index (κ3) is 9.09. The van der Waals surface area contributed by atoms with E-state index in [1.54, 1.807) is 0 Å². The number of piperazine rings is 1. The molecule has 4 heteroatoms. The standard InChI is InChI=1S/C40H54N2O2/c1-31(32(2)39(43)42-26-25-41(3)30-38(42)28-34-16-8-5-9-17-34)13-12-18-35(27-33-14-6-4-7-15-33)22-23-37-19-10-11-24-40(37,44)29-36-20-21-36/h5-6,8-9,12,14-18,35-38,44H,10-11,13,19-30H2,1-3H3/b18-12+,32-31?/t35?,37-,38-,40+/m1/s1. The quantitative estimate of drug-likeness (QED) is 0.143. The number of amides is 1. The summed E-state index contributed by atoms with van der Waals surface area (Å²) in [7, 11) is 2.16. The van der Waals surface area contributed by atoms with Crippen molar-refractivity contribution in [2.75, 3.05) is 26.7 Å². The smallest absolute Gasteiger partial charge is 0.249 e. The van der Waals surface area contributed by atoms with Crippen LogP contribution in [0.5, 0.6) is 0 Å². The summed E-state index contributed by atoms with van der Waals surface area (Å²) in [6.07, 6.45) is 23.8. The van der Waals surface area contributed by atoms with Gasteiger partial charge in [-0.3, -0.25) is 4.79 Å². The third-order valence-corrected chi connectivity index (χ3v) is 10.7. The minimum atomic E-state index is -0.457. The van der Waals surface area contributed by atoms with Gasteiger partial charge in [0.15, 0.2) is 0 Å². The first-order chi connectivity index (χ1) is 21.3. The molecule has 1 amide bonds. The Morgan fingerprint density at radius 2 is 1.93 bits per heavy atom. The molecule has 1 saturated heterocycles. The maximum atomic E-state index is 13.8. The number of rotatable bonds is 13. The zero-order valence-corrected chi connectivity index (χ0v) is 27.4. The largest absolute Gasteiger partial charge is 0.390 e. The highest BCUT2D eigenvalue weighted by Gasteiger charge is 2.42. The van der Waals surface area contributed by atoms with E-state index in [0.29, 0.717) is 11.8 Å². The number of allylic oxidation sites excluding steroid dienone is 7. The fourth-order valence-electron chi connectivity index (χ4n) is 7.62. The molecule has 0 spiro atoms. The lowest BCUT2D eigenvalue weighted by Crippen LogP contribution is -2.55. The van der Waals surface area contributed by atoms with Crippen LogP contribution in [-0.2, 0) is 11.2 Å².